The number of aromatic amines is 1. The fourth-order valence-corrected chi connectivity index (χ4v) is 5.40. The molecule has 0 spiro atoms. The van der Waals surface area contributed by atoms with Gasteiger partial charge in [-0.1, -0.05) is 6.92 Å². The molecule has 2 aromatic rings. The van der Waals surface area contributed by atoms with Crippen LogP contribution in [0.15, 0.2) is 4.79 Å². The van der Waals surface area contributed by atoms with E-state index in [1.165, 1.54) is 18.2 Å². The molecular formula is C20H30N4O2S2. The average molecular weight is 423 g/mol. The second-order valence-corrected chi connectivity index (χ2v) is 10.1. The highest BCUT2D eigenvalue weighted by atomic mass is 32.2. The molecule has 6 nitrogen and oxygen atoms in total. The lowest BCUT2D eigenvalue weighted by Crippen LogP contribution is -2.46. The number of carbonyl (C=O) groups excluding carboxylic acids is 1. The predicted molar refractivity (Wildman–Crippen MR) is 118 cm³/mol. The summed E-state index contributed by atoms with van der Waals surface area (Å²) in [5.74, 6) is 1.23. The van der Waals surface area contributed by atoms with E-state index in [0.717, 1.165) is 47.7 Å². The molecule has 3 heterocycles. The molecule has 1 aliphatic rings. The number of thioether (sulfide) groups is 1. The number of H-pyrrole nitrogens is 1. The smallest absolute Gasteiger partial charge is 0.259 e. The third-order valence-corrected chi connectivity index (χ3v) is 7.66. The van der Waals surface area contributed by atoms with Gasteiger partial charge in [0.25, 0.3) is 5.56 Å². The molecule has 1 atom stereocenters. The summed E-state index contributed by atoms with van der Waals surface area (Å²) in [6.45, 7) is 11.4. The van der Waals surface area contributed by atoms with Crippen LogP contribution in [-0.4, -0.2) is 51.7 Å². The lowest BCUT2D eigenvalue weighted by Gasteiger charge is -2.32. The maximum absolute atomic E-state index is 12.5. The van der Waals surface area contributed by atoms with Crippen LogP contribution in [0.1, 0.15) is 49.4 Å². The van der Waals surface area contributed by atoms with Crippen molar-refractivity contribution in [1.82, 2.24) is 20.2 Å². The number of aromatic nitrogens is 2. The van der Waals surface area contributed by atoms with E-state index in [-0.39, 0.29) is 22.8 Å². The first kappa shape index (κ1) is 21.3. The summed E-state index contributed by atoms with van der Waals surface area (Å²) >= 11 is 3.06. The molecule has 1 aliphatic heterocycles. The zero-order chi connectivity index (χ0) is 20.3. The van der Waals surface area contributed by atoms with E-state index in [4.69, 9.17) is 0 Å². The average Bonchev–Trinajstić information content (AvgIpc) is 2.95. The number of carbonyl (C=O) groups is 1. The van der Waals surface area contributed by atoms with Gasteiger partial charge in [-0.15, -0.1) is 23.1 Å². The van der Waals surface area contributed by atoms with Gasteiger partial charge in [0.15, 0.2) is 0 Å². The number of hydrogen-bond donors (Lipinski definition) is 2. The van der Waals surface area contributed by atoms with Crippen molar-refractivity contribution < 1.29 is 4.79 Å². The largest absolute Gasteiger partial charge is 0.352 e. The number of thiophene rings is 1. The summed E-state index contributed by atoms with van der Waals surface area (Å²) in [6.07, 6.45) is 3.22. The number of nitrogens with zero attached hydrogens (tertiary/aromatic N) is 2. The van der Waals surface area contributed by atoms with E-state index in [1.54, 1.807) is 11.3 Å². The van der Waals surface area contributed by atoms with Gasteiger partial charge in [0, 0.05) is 24.0 Å². The van der Waals surface area contributed by atoms with Gasteiger partial charge in [-0.3, -0.25) is 9.59 Å². The Kier molecular flexibility index (Phi) is 7.17. The van der Waals surface area contributed by atoms with E-state index >= 15 is 0 Å². The molecule has 0 aromatic carbocycles. The minimum atomic E-state index is -0.179. The van der Waals surface area contributed by atoms with Crippen molar-refractivity contribution in [2.24, 2.45) is 0 Å². The molecule has 8 heteroatoms. The minimum Gasteiger partial charge on any atom is -0.352 e. The van der Waals surface area contributed by atoms with Gasteiger partial charge >= 0.3 is 0 Å². The monoisotopic (exact) mass is 422 g/mol. The summed E-state index contributed by atoms with van der Waals surface area (Å²) in [5.41, 5.74) is 0.920. The highest BCUT2D eigenvalue weighted by molar-refractivity contribution is 7.99. The number of likely N-dealkylation sites (tertiary alicyclic amines) is 1. The molecule has 2 aromatic heterocycles. The molecule has 2 N–H and O–H groups in total. The highest BCUT2D eigenvalue weighted by Crippen LogP contribution is 2.26. The summed E-state index contributed by atoms with van der Waals surface area (Å²) in [6, 6.07) is 0.273. The predicted octanol–water partition coefficient (Wildman–Crippen LogP) is 3.21. The van der Waals surface area contributed by atoms with Gasteiger partial charge < -0.3 is 15.2 Å². The van der Waals surface area contributed by atoms with E-state index in [1.807, 2.05) is 20.8 Å². The van der Waals surface area contributed by atoms with Crippen LogP contribution in [-0.2, 0) is 10.5 Å². The van der Waals surface area contributed by atoms with Crippen molar-refractivity contribution in [3.63, 3.8) is 0 Å². The van der Waals surface area contributed by atoms with Crippen molar-refractivity contribution in [1.29, 1.82) is 0 Å². The maximum Gasteiger partial charge on any atom is 0.259 e. The maximum atomic E-state index is 12.5. The summed E-state index contributed by atoms with van der Waals surface area (Å²) in [5, 5.41) is 3.70. The summed E-state index contributed by atoms with van der Waals surface area (Å²) < 4.78 is 0. The van der Waals surface area contributed by atoms with Gasteiger partial charge in [0.2, 0.25) is 5.91 Å². The van der Waals surface area contributed by atoms with Crippen molar-refractivity contribution in [3.05, 3.63) is 26.6 Å². The SMILES string of the molecule is CCCN1CCC(NC(=O)C(C)SCc2nc3sc(C)c(C)c3c(=O)[nH]2)CC1. The molecule has 0 bridgehead atoms. The minimum absolute atomic E-state index is 0.0742. The first-order chi connectivity index (χ1) is 13.4. The second kappa shape index (κ2) is 9.41. The van der Waals surface area contributed by atoms with Crippen LogP contribution >= 0.6 is 23.1 Å². The van der Waals surface area contributed by atoms with Gasteiger partial charge in [-0.05, 0) is 52.1 Å². The standard InChI is InChI=1S/C20H30N4O2S2/c1-5-8-24-9-6-15(7-10-24)21-18(25)14(4)27-11-16-22-19(26)17-12(2)13(3)28-20(17)23-16/h14-15H,5-11H2,1-4H3,(H,21,25)(H,22,23,26). The number of amides is 1. The zero-order valence-corrected chi connectivity index (χ0v) is 18.8. The Balaban J connectivity index is 1.52. The Bertz CT molecular complexity index is 884. The molecule has 154 valence electrons. The Morgan fingerprint density at radius 2 is 2.11 bits per heavy atom. The van der Waals surface area contributed by atoms with E-state index < -0.39 is 0 Å². The molecule has 3 rings (SSSR count). The molecule has 0 aliphatic carbocycles. The van der Waals surface area contributed by atoms with Gasteiger partial charge in [-0.25, -0.2) is 4.98 Å². The van der Waals surface area contributed by atoms with Crippen LogP contribution in [0.25, 0.3) is 10.2 Å². The molecular weight excluding hydrogens is 392 g/mol. The number of fused-ring (bicyclic) bond motifs is 1. The van der Waals surface area contributed by atoms with Crippen molar-refractivity contribution in [2.45, 2.75) is 64.0 Å². The number of hydrogen-bond acceptors (Lipinski definition) is 6. The van der Waals surface area contributed by atoms with Crippen LogP contribution in [0.2, 0.25) is 0 Å². The van der Waals surface area contributed by atoms with Crippen LogP contribution in [0, 0.1) is 13.8 Å². The fourth-order valence-electron chi connectivity index (χ4n) is 3.58. The molecule has 0 saturated carbocycles. The van der Waals surface area contributed by atoms with E-state index in [2.05, 4.69) is 27.1 Å². The number of nitrogens with one attached hydrogen (secondary N) is 2. The first-order valence-electron chi connectivity index (χ1n) is 10.0. The van der Waals surface area contributed by atoms with E-state index in [9.17, 15) is 9.59 Å². The quantitative estimate of drug-likeness (QED) is 0.716. The van der Waals surface area contributed by atoms with Gasteiger partial charge in [0.05, 0.1) is 16.4 Å². The number of rotatable bonds is 7. The van der Waals surface area contributed by atoms with Crippen molar-refractivity contribution in [2.75, 3.05) is 19.6 Å². The third-order valence-electron chi connectivity index (χ3n) is 5.40. The molecule has 1 saturated heterocycles. The summed E-state index contributed by atoms with van der Waals surface area (Å²) in [7, 11) is 0. The molecule has 28 heavy (non-hydrogen) atoms. The fraction of sp³-hybridized carbons (Fsp3) is 0.650. The number of aryl methyl sites for hydroxylation is 2. The topological polar surface area (TPSA) is 78.1 Å². The molecule has 0 radical (unpaired) electrons. The third kappa shape index (κ3) is 4.96. The molecule has 1 unspecified atom stereocenters. The Morgan fingerprint density at radius 3 is 2.79 bits per heavy atom. The van der Waals surface area contributed by atoms with Crippen LogP contribution in [0.3, 0.4) is 0 Å². The van der Waals surface area contributed by atoms with E-state index in [0.29, 0.717) is 17.0 Å². The lowest BCUT2D eigenvalue weighted by atomic mass is 10.0. The normalized spacial score (nSPS) is 17.1. The highest BCUT2D eigenvalue weighted by Gasteiger charge is 2.23. The van der Waals surface area contributed by atoms with Crippen molar-refractivity contribution >= 4 is 39.2 Å². The van der Waals surface area contributed by atoms with Crippen LogP contribution < -0.4 is 10.9 Å². The lowest BCUT2D eigenvalue weighted by molar-refractivity contribution is -0.121. The Labute approximate surface area is 174 Å². The van der Waals surface area contributed by atoms with Gasteiger partial charge in [0.1, 0.15) is 10.7 Å². The second-order valence-electron chi connectivity index (χ2n) is 7.55. The van der Waals surface area contributed by atoms with Crippen LogP contribution in [0.5, 0.6) is 0 Å². The van der Waals surface area contributed by atoms with Crippen molar-refractivity contribution in [3.8, 4) is 0 Å². The first-order valence-corrected chi connectivity index (χ1v) is 11.9. The van der Waals surface area contributed by atoms with Crippen LogP contribution in [0.4, 0.5) is 0 Å². The zero-order valence-electron chi connectivity index (χ0n) is 17.1. The number of piperidine rings is 1. The Hall–Kier alpha value is -1.38. The Morgan fingerprint density at radius 1 is 1.39 bits per heavy atom. The van der Waals surface area contributed by atoms with Gasteiger partial charge in [-0.2, -0.15) is 0 Å². The molecule has 1 amide bonds. The molecule has 1 fully saturated rings. The summed E-state index contributed by atoms with van der Waals surface area (Å²) in [4.78, 5) is 36.7.